The monoisotopic (exact) mass is 345 g/mol. The van der Waals surface area contributed by atoms with Crippen molar-refractivity contribution >= 4 is 12.0 Å². The van der Waals surface area contributed by atoms with Crippen molar-refractivity contribution in [2.45, 2.75) is 6.61 Å². The van der Waals surface area contributed by atoms with Gasteiger partial charge < -0.3 is 19.4 Å². The summed E-state index contributed by atoms with van der Waals surface area (Å²) in [5.41, 5.74) is 1.22. The quantitative estimate of drug-likeness (QED) is 0.270. The first-order valence-corrected chi connectivity index (χ1v) is 7.11. The summed E-state index contributed by atoms with van der Waals surface area (Å²) in [4.78, 5) is 26.2. The number of carbonyl (C=O) groups is 1. The van der Waals surface area contributed by atoms with E-state index < -0.39 is 11.1 Å². The highest BCUT2D eigenvalue weighted by atomic mass is 16.9. The normalized spacial score (nSPS) is 10.4. The largest absolute Gasteiger partial charge is 0.504 e. The second-order valence-corrected chi connectivity index (χ2v) is 4.83. The number of benzene rings is 2. The van der Waals surface area contributed by atoms with Gasteiger partial charge in [-0.15, -0.1) is 10.1 Å². The summed E-state index contributed by atoms with van der Waals surface area (Å²) in [6.07, 6.45) is 2.75. The highest BCUT2D eigenvalue weighted by molar-refractivity contribution is 5.88. The van der Waals surface area contributed by atoms with Crippen molar-refractivity contribution in [3.8, 4) is 17.2 Å². The van der Waals surface area contributed by atoms with Crippen LogP contribution < -0.4 is 9.47 Å². The third-order valence-electron chi connectivity index (χ3n) is 3.09. The minimum absolute atomic E-state index is 0.00313. The van der Waals surface area contributed by atoms with Gasteiger partial charge in [-0.25, -0.2) is 4.79 Å². The van der Waals surface area contributed by atoms with E-state index in [1.54, 1.807) is 24.3 Å². The van der Waals surface area contributed by atoms with Gasteiger partial charge >= 0.3 is 5.97 Å². The molecule has 1 N–H and O–H groups in total. The highest BCUT2D eigenvalue weighted by Gasteiger charge is 2.04. The molecule has 0 saturated carbocycles. The molecule has 8 heteroatoms. The third-order valence-corrected chi connectivity index (χ3v) is 3.09. The standard InChI is InChI=1S/C17H15NO7/c1-23-16-10-12(4-8-15(16)19)5-9-17(20)25-14-6-2-13(3-7-14)11-24-18(21)22/h2-10,19H,11H2,1H3. The number of nitrogens with zero attached hydrogens (tertiary/aromatic N) is 1. The van der Waals surface area contributed by atoms with Crippen LogP contribution in [0.5, 0.6) is 17.2 Å². The van der Waals surface area contributed by atoms with Gasteiger partial charge in [-0.3, -0.25) is 0 Å². The lowest BCUT2D eigenvalue weighted by Gasteiger charge is -2.04. The van der Waals surface area contributed by atoms with Gasteiger partial charge in [0.25, 0.3) is 5.09 Å². The summed E-state index contributed by atoms with van der Waals surface area (Å²) < 4.78 is 10.1. The van der Waals surface area contributed by atoms with Gasteiger partial charge in [0, 0.05) is 6.08 Å². The zero-order valence-electron chi connectivity index (χ0n) is 13.2. The third kappa shape index (κ3) is 5.54. The summed E-state index contributed by atoms with van der Waals surface area (Å²) in [6, 6.07) is 10.8. The summed E-state index contributed by atoms with van der Waals surface area (Å²) in [5.74, 6) is -0.00412. The first-order valence-electron chi connectivity index (χ1n) is 7.11. The highest BCUT2D eigenvalue weighted by Crippen LogP contribution is 2.26. The molecule has 8 nitrogen and oxygen atoms in total. The Bertz CT molecular complexity index is 784. The maximum absolute atomic E-state index is 11.8. The maximum Gasteiger partial charge on any atom is 0.336 e. The van der Waals surface area contributed by atoms with Gasteiger partial charge in [0.1, 0.15) is 12.4 Å². The van der Waals surface area contributed by atoms with Crippen LogP contribution in [-0.2, 0) is 16.2 Å². The number of hydrogen-bond donors (Lipinski definition) is 1. The van der Waals surface area contributed by atoms with E-state index in [0.29, 0.717) is 22.6 Å². The van der Waals surface area contributed by atoms with E-state index in [-0.39, 0.29) is 12.4 Å². The molecule has 0 amide bonds. The van der Waals surface area contributed by atoms with Gasteiger partial charge in [0.2, 0.25) is 0 Å². The SMILES string of the molecule is COc1cc(C=CC(=O)Oc2ccc(CO[N+](=O)[O-])cc2)ccc1O. The molecule has 2 aromatic carbocycles. The van der Waals surface area contributed by atoms with Crippen molar-refractivity contribution < 1.29 is 29.3 Å². The molecule has 0 heterocycles. The number of ether oxygens (including phenoxy) is 2. The van der Waals surface area contributed by atoms with Crippen molar-refractivity contribution in [1.82, 2.24) is 0 Å². The van der Waals surface area contributed by atoms with Gasteiger partial charge in [0.05, 0.1) is 7.11 Å². The lowest BCUT2D eigenvalue weighted by molar-refractivity contribution is -0.763. The van der Waals surface area contributed by atoms with Crippen molar-refractivity contribution in [2.75, 3.05) is 7.11 Å². The number of hydrogen-bond acceptors (Lipinski definition) is 7. The van der Waals surface area contributed by atoms with Crippen LogP contribution in [0.3, 0.4) is 0 Å². The van der Waals surface area contributed by atoms with Crippen molar-refractivity contribution in [3.05, 3.63) is 69.8 Å². The number of rotatable bonds is 7. The average molecular weight is 345 g/mol. The van der Waals surface area contributed by atoms with Gasteiger partial charge in [-0.05, 0) is 41.5 Å². The van der Waals surface area contributed by atoms with Crippen LogP contribution in [0.15, 0.2) is 48.5 Å². The van der Waals surface area contributed by atoms with Crippen LogP contribution in [0.25, 0.3) is 6.08 Å². The van der Waals surface area contributed by atoms with E-state index in [1.165, 1.54) is 37.5 Å². The Hall–Kier alpha value is -3.55. The maximum atomic E-state index is 11.8. The molecule has 0 aliphatic heterocycles. The summed E-state index contributed by atoms with van der Waals surface area (Å²) >= 11 is 0. The van der Waals surface area contributed by atoms with Crippen molar-refractivity contribution in [2.24, 2.45) is 0 Å². The van der Waals surface area contributed by atoms with Crippen LogP contribution >= 0.6 is 0 Å². The summed E-state index contributed by atoms with van der Waals surface area (Å²) in [6.45, 7) is -0.177. The molecule has 2 aromatic rings. The van der Waals surface area contributed by atoms with E-state index >= 15 is 0 Å². The molecule has 25 heavy (non-hydrogen) atoms. The van der Waals surface area contributed by atoms with Gasteiger partial charge in [0.15, 0.2) is 11.5 Å². The molecular formula is C17H15NO7. The van der Waals surface area contributed by atoms with Crippen LogP contribution in [0.2, 0.25) is 0 Å². The smallest absolute Gasteiger partial charge is 0.336 e. The van der Waals surface area contributed by atoms with E-state index in [1.807, 2.05) is 0 Å². The fraction of sp³-hybridized carbons (Fsp3) is 0.118. The summed E-state index contributed by atoms with van der Waals surface area (Å²) in [5, 5.41) is 18.8. The van der Waals surface area contributed by atoms with E-state index in [4.69, 9.17) is 9.47 Å². The fourth-order valence-electron chi connectivity index (χ4n) is 1.89. The molecule has 0 aliphatic carbocycles. The fourth-order valence-corrected chi connectivity index (χ4v) is 1.89. The number of phenols is 1. The van der Waals surface area contributed by atoms with Crippen LogP contribution in [-0.4, -0.2) is 23.3 Å². The van der Waals surface area contributed by atoms with E-state index in [9.17, 15) is 20.0 Å². The lowest BCUT2D eigenvalue weighted by Crippen LogP contribution is -2.04. The molecule has 130 valence electrons. The van der Waals surface area contributed by atoms with Gasteiger partial charge in [-0.1, -0.05) is 18.2 Å². The second kappa shape index (κ2) is 8.34. The molecule has 0 spiro atoms. The number of esters is 1. The Labute approximate surface area is 143 Å². The molecule has 0 unspecified atom stereocenters. The van der Waals surface area contributed by atoms with Crippen molar-refractivity contribution in [3.63, 3.8) is 0 Å². The molecule has 0 aliphatic rings. The van der Waals surface area contributed by atoms with Crippen LogP contribution in [0, 0.1) is 10.1 Å². The topological polar surface area (TPSA) is 108 Å². The summed E-state index contributed by atoms with van der Waals surface area (Å²) in [7, 11) is 1.43. The number of methoxy groups -OCH3 is 1. The van der Waals surface area contributed by atoms with E-state index in [0.717, 1.165) is 0 Å². The predicted molar refractivity (Wildman–Crippen MR) is 87.6 cm³/mol. The molecule has 0 radical (unpaired) electrons. The number of aromatic hydroxyl groups is 1. The molecule has 0 atom stereocenters. The second-order valence-electron chi connectivity index (χ2n) is 4.83. The van der Waals surface area contributed by atoms with E-state index in [2.05, 4.69) is 4.84 Å². The molecule has 0 fully saturated rings. The molecule has 0 bridgehead atoms. The minimum Gasteiger partial charge on any atom is -0.504 e. The minimum atomic E-state index is -0.878. The molecule has 0 saturated heterocycles. The Balaban J connectivity index is 1.94. The van der Waals surface area contributed by atoms with Crippen LogP contribution in [0.1, 0.15) is 11.1 Å². The predicted octanol–water partition coefficient (Wildman–Crippen LogP) is 2.73. The number of carbonyl (C=O) groups excluding carboxylic acids is 1. The zero-order valence-corrected chi connectivity index (χ0v) is 13.2. The lowest BCUT2D eigenvalue weighted by atomic mass is 10.2. The first-order chi connectivity index (χ1) is 12.0. The Morgan fingerprint density at radius 3 is 2.60 bits per heavy atom. The average Bonchev–Trinajstić information content (AvgIpc) is 2.60. The van der Waals surface area contributed by atoms with Gasteiger partial charge in [-0.2, -0.15) is 0 Å². The first kappa shape index (κ1) is 17.8. The Morgan fingerprint density at radius 2 is 1.96 bits per heavy atom. The Morgan fingerprint density at radius 1 is 1.24 bits per heavy atom. The Kier molecular flexibility index (Phi) is 5.94. The zero-order chi connectivity index (χ0) is 18.2. The van der Waals surface area contributed by atoms with Crippen LogP contribution in [0.4, 0.5) is 0 Å². The van der Waals surface area contributed by atoms with Crippen molar-refractivity contribution in [1.29, 1.82) is 0 Å². The number of phenolic OH excluding ortho intramolecular Hbond substituents is 1. The molecule has 0 aromatic heterocycles. The molecule has 2 rings (SSSR count). The molecular weight excluding hydrogens is 330 g/mol.